The Morgan fingerprint density at radius 3 is 2.43 bits per heavy atom. The normalized spacial score (nSPS) is 12.3. The van der Waals surface area contributed by atoms with Gasteiger partial charge in [0, 0.05) is 23.5 Å². The number of primary amides is 1. The Balaban J connectivity index is 0.000000595. The molecule has 0 aliphatic carbocycles. The average Bonchev–Trinajstić information content (AvgIpc) is 2.56. The second-order valence-electron chi connectivity index (χ2n) is 5.04. The van der Waals surface area contributed by atoms with E-state index in [0.29, 0.717) is 6.42 Å². The molecule has 1 aliphatic heterocycles. The van der Waals surface area contributed by atoms with E-state index >= 15 is 0 Å². The molecule has 120 valence electrons. The van der Waals surface area contributed by atoms with E-state index in [1.165, 1.54) is 0 Å². The van der Waals surface area contributed by atoms with Crippen molar-refractivity contribution in [1.29, 1.82) is 0 Å². The van der Waals surface area contributed by atoms with E-state index < -0.39 is 0 Å². The fourth-order valence-electron chi connectivity index (χ4n) is 2.32. The highest BCUT2D eigenvalue weighted by molar-refractivity contribution is 5.94. The summed E-state index contributed by atoms with van der Waals surface area (Å²) in [4.78, 5) is 19.9. The van der Waals surface area contributed by atoms with E-state index in [4.69, 9.17) is 9.90 Å². The minimum absolute atomic E-state index is 0.0544. The van der Waals surface area contributed by atoms with Crippen LogP contribution in [-0.4, -0.2) is 17.4 Å². The maximum absolute atomic E-state index is 11.3. The van der Waals surface area contributed by atoms with Crippen molar-refractivity contribution >= 4 is 29.4 Å². The zero-order valence-electron chi connectivity index (χ0n) is 12.6. The summed E-state index contributed by atoms with van der Waals surface area (Å²) in [6.45, 7) is 0.0544. The summed E-state index contributed by atoms with van der Waals surface area (Å²) in [5.41, 5.74) is 9.09. The van der Waals surface area contributed by atoms with Crippen LogP contribution in [0.25, 0.3) is 0 Å². The molecule has 0 fully saturated rings. The first-order valence-corrected chi connectivity index (χ1v) is 7.21. The second-order valence-corrected chi connectivity index (χ2v) is 5.04. The Morgan fingerprint density at radius 2 is 1.78 bits per heavy atom. The zero-order valence-corrected chi connectivity index (χ0v) is 12.6. The molecular weight excluding hydrogens is 294 g/mol. The molecule has 0 saturated carbocycles. The summed E-state index contributed by atoms with van der Waals surface area (Å²) >= 11 is 0. The molecule has 6 nitrogen and oxygen atoms in total. The molecule has 2 amide bonds. The first-order valence-electron chi connectivity index (χ1n) is 7.21. The standard InChI is InChI=1S/C16H16N2O2.CH3NO/c19-10-11-1-4-13(5-2-11)17-14-6-7-15-12(9-14)3-8-16(20)18-15;2-1-3/h1-2,4-7,9,17,19H,3,8,10H2,(H,18,20);1H,(H2,2,3). The van der Waals surface area contributed by atoms with Crippen LogP contribution in [0.3, 0.4) is 0 Å². The fourth-order valence-corrected chi connectivity index (χ4v) is 2.32. The van der Waals surface area contributed by atoms with Crippen molar-refractivity contribution in [2.75, 3.05) is 10.6 Å². The average molecular weight is 313 g/mol. The summed E-state index contributed by atoms with van der Waals surface area (Å²) in [5.74, 6) is 0.0813. The van der Waals surface area contributed by atoms with Gasteiger partial charge in [0.15, 0.2) is 0 Å². The molecule has 1 heterocycles. The van der Waals surface area contributed by atoms with Gasteiger partial charge in [-0.15, -0.1) is 0 Å². The van der Waals surface area contributed by atoms with E-state index in [1.54, 1.807) is 0 Å². The second kappa shape index (κ2) is 7.95. The number of carbonyl (C=O) groups excluding carboxylic acids is 2. The van der Waals surface area contributed by atoms with Crippen LogP contribution in [-0.2, 0) is 22.6 Å². The summed E-state index contributed by atoms with van der Waals surface area (Å²) in [5, 5.41) is 15.2. The predicted octanol–water partition coefficient (Wildman–Crippen LogP) is 1.91. The molecule has 0 saturated heterocycles. The van der Waals surface area contributed by atoms with Gasteiger partial charge in [-0.05, 0) is 47.9 Å². The molecule has 3 rings (SSSR count). The molecule has 6 heteroatoms. The number of benzene rings is 2. The molecule has 0 radical (unpaired) electrons. The van der Waals surface area contributed by atoms with E-state index in [-0.39, 0.29) is 18.9 Å². The fraction of sp³-hybridized carbons (Fsp3) is 0.176. The Labute approximate surface area is 134 Å². The number of carbonyl (C=O) groups is 2. The van der Waals surface area contributed by atoms with Crippen LogP contribution in [0.1, 0.15) is 17.5 Å². The topological polar surface area (TPSA) is 104 Å². The number of amides is 2. The van der Waals surface area contributed by atoms with Gasteiger partial charge in [-0.2, -0.15) is 0 Å². The van der Waals surface area contributed by atoms with Crippen molar-refractivity contribution in [3.05, 3.63) is 53.6 Å². The highest BCUT2D eigenvalue weighted by Crippen LogP contribution is 2.27. The Morgan fingerprint density at radius 1 is 1.13 bits per heavy atom. The molecular formula is C17H19N3O3. The smallest absolute Gasteiger partial charge is 0.224 e. The van der Waals surface area contributed by atoms with Crippen molar-refractivity contribution in [1.82, 2.24) is 0 Å². The lowest BCUT2D eigenvalue weighted by Crippen LogP contribution is -2.18. The minimum Gasteiger partial charge on any atom is -0.392 e. The number of aliphatic hydroxyl groups is 1. The molecule has 0 unspecified atom stereocenters. The van der Waals surface area contributed by atoms with Crippen LogP contribution in [0.15, 0.2) is 42.5 Å². The molecule has 5 N–H and O–H groups in total. The van der Waals surface area contributed by atoms with E-state index in [0.717, 1.165) is 34.6 Å². The third-order valence-corrected chi connectivity index (χ3v) is 3.43. The first kappa shape index (κ1) is 16.5. The van der Waals surface area contributed by atoms with E-state index in [9.17, 15) is 4.79 Å². The summed E-state index contributed by atoms with van der Waals surface area (Å²) in [6, 6.07) is 13.6. The Kier molecular flexibility index (Phi) is 5.71. The van der Waals surface area contributed by atoms with Crippen molar-refractivity contribution in [2.45, 2.75) is 19.4 Å². The van der Waals surface area contributed by atoms with Crippen LogP contribution in [0.4, 0.5) is 17.1 Å². The van der Waals surface area contributed by atoms with E-state index in [1.807, 2.05) is 36.4 Å². The van der Waals surface area contributed by atoms with Gasteiger partial charge in [0.25, 0.3) is 0 Å². The molecule has 0 aromatic heterocycles. The van der Waals surface area contributed by atoms with E-state index in [2.05, 4.69) is 22.4 Å². The van der Waals surface area contributed by atoms with Gasteiger partial charge in [-0.25, -0.2) is 0 Å². The van der Waals surface area contributed by atoms with Crippen LogP contribution < -0.4 is 16.4 Å². The SMILES string of the molecule is NC=O.O=C1CCc2cc(Nc3ccc(CO)cc3)ccc2N1. The number of aliphatic hydroxyl groups excluding tert-OH is 1. The Bertz CT molecular complexity index is 684. The summed E-state index contributed by atoms with van der Waals surface area (Å²) < 4.78 is 0. The van der Waals surface area contributed by atoms with Gasteiger partial charge < -0.3 is 21.5 Å². The highest BCUT2D eigenvalue weighted by Gasteiger charge is 2.14. The lowest BCUT2D eigenvalue weighted by molar-refractivity contribution is -0.116. The number of hydrogen-bond donors (Lipinski definition) is 4. The molecule has 0 spiro atoms. The zero-order chi connectivity index (χ0) is 16.7. The van der Waals surface area contributed by atoms with Gasteiger partial charge >= 0.3 is 0 Å². The van der Waals surface area contributed by atoms with Crippen LogP contribution in [0.2, 0.25) is 0 Å². The monoisotopic (exact) mass is 313 g/mol. The number of hydrogen-bond acceptors (Lipinski definition) is 4. The van der Waals surface area contributed by atoms with Gasteiger partial charge in [0.2, 0.25) is 12.3 Å². The van der Waals surface area contributed by atoms with Gasteiger partial charge in [-0.3, -0.25) is 9.59 Å². The number of anilines is 3. The number of nitrogens with two attached hydrogens (primary N) is 1. The lowest BCUT2D eigenvalue weighted by atomic mass is 10.0. The largest absolute Gasteiger partial charge is 0.392 e. The van der Waals surface area contributed by atoms with Crippen molar-refractivity contribution in [2.24, 2.45) is 5.73 Å². The number of fused-ring (bicyclic) bond motifs is 1. The molecule has 1 aliphatic rings. The number of nitrogens with one attached hydrogen (secondary N) is 2. The van der Waals surface area contributed by atoms with Crippen molar-refractivity contribution in [3.8, 4) is 0 Å². The number of rotatable bonds is 3. The van der Waals surface area contributed by atoms with Crippen LogP contribution in [0.5, 0.6) is 0 Å². The third kappa shape index (κ3) is 4.55. The van der Waals surface area contributed by atoms with Crippen LogP contribution >= 0.6 is 0 Å². The lowest BCUT2D eigenvalue weighted by Gasteiger charge is -2.18. The van der Waals surface area contributed by atoms with Gasteiger partial charge in [0.1, 0.15) is 0 Å². The first-order chi connectivity index (χ1) is 11.2. The quantitative estimate of drug-likeness (QED) is 0.650. The number of aryl methyl sites for hydroxylation is 1. The van der Waals surface area contributed by atoms with Crippen molar-refractivity contribution in [3.63, 3.8) is 0 Å². The molecule has 2 aromatic rings. The maximum Gasteiger partial charge on any atom is 0.224 e. The van der Waals surface area contributed by atoms with Gasteiger partial charge in [0.05, 0.1) is 6.61 Å². The maximum atomic E-state index is 11.3. The van der Waals surface area contributed by atoms with Crippen LogP contribution in [0, 0.1) is 0 Å². The minimum atomic E-state index is 0.0544. The van der Waals surface area contributed by atoms with Crippen molar-refractivity contribution < 1.29 is 14.7 Å². The summed E-state index contributed by atoms with van der Waals surface area (Å²) in [7, 11) is 0. The molecule has 23 heavy (non-hydrogen) atoms. The molecule has 0 bridgehead atoms. The molecule has 2 aromatic carbocycles. The summed E-state index contributed by atoms with van der Waals surface area (Å²) in [6.07, 6.45) is 1.57. The van der Waals surface area contributed by atoms with Gasteiger partial charge in [-0.1, -0.05) is 12.1 Å². The highest BCUT2D eigenvalue weighted by atomic mass is 16.3. The predicted molar refractivity (Wildman–Crippen MR) is 89.3 cm³/mol. The molecule has 0 atom stereocenters. The third-order valence-electron chi connectivity index (χ3n) is 3.43. The Hall–Kier alpha value is -2.86.